The fraction of sp³-hybridized carbons (Fsp3) is 0.375. The van der Waals surface area contributed by atoms with Gasteiger partial charge in [-0.1, -0.05) is 11.3 Å². The van der Waals surface area contributed by atoms with Crippen LogP contribution in [-0.2, 0) is 6.54 Å². The van der Waals surface area contributed by atoms with E-state index in [9.17, 15) is 0 Å². The van der Waals surface area contributed by atoms with Crippen molar-refractivity contribution in [3.63, 3.8) is 0 Å². The van der Waals surface area contributed by atoms with Crippen molar-refractivity contribution < 1.29 is 4.42 Å². The van der Waals surface area contributed by atoms with Gasteiger partial charge >= 0.3 is 0 Å². The minimum absolute atomic E-state index is 0.593. The summed E-state index contributed by atoms with van der Waals surface area (Å²) in [7, 11) is 0. The molecule has 0 radical (unpaired) electrons. The van der Waals surface area contributed by atoms with E-state index in [4.69, 9.17) is 4.42 Å². The molecule has 0 aromatic carbocycles. The first-order chi connectivity index (χ1) is 6.74. The summed E-state index contributed by atoms with van der Waals surface area (Å²) in [4.78, 5) is 3.99. The lowest BCUT2D eigenvalue weighted by Crippen LogP contribution is -1.97. The molecule has 2 aromatic heterocycles. The minimum atomic E-state index is 0.593. The van der Waals surface area contributed by atoms with Crippen molar-refractivity contribution in [2.24, 2.45) is 0 Å². The number of rotatable bonds is 3. The smallest absolute Gasteiger partial charge is 0.206 e. The molecule has 0 saturated heterocycles. The van der Waals surface area contributed by atoms with E-state index in [0.717, 1.165) is 15.9 Å². The molecule has 14 heavy (non-hydrogen) atoms. The molecule has 0 spiro atoms. The van der Waals surface area contributed by atoms with Crippen LogP contribution < -0.4 is 5.32 Å². The lowest BCUT2D eigenvalue weighted by Gasteiger charge is -1.96. The Morgan fingerprint density at radius 2 is 2.29 bits per heavy atom. The molecule has 1 N–H and O–H groups in total. The van der Waals surface area contributed by atoms with Gasteiger partial charge < -0.3 is 9.73 Å². The first-order valence-electron chi connectivity index (χ1n) is 4.19. The molecule has 0 unspecified atom stereocenters. The largest absolute Gasteiger partial charge is 0.444 e. The number of oxazole rings is 1. The average Bonchev–Trinajstić information content (AvgIpc) is 2.72. The first-order valence-corrected chi connectivity index (χ1v) is 5.01. The van der Waals surface area contributed by atoms with Crippen LogP contribution in [0.15, 0.2) is 10.6 Å². The van der Waals surface area contributed by atoms with E-state index in [2.05, 4.69) is 20.5 Å². The summed E-state index contributed by atoms with van der Waals surface area (Å²) in [6.45, 7) is 4.33. The molecule has 0 aliphatic rings. The zero-order valence-electron chi connectivity index (χ0n) is 7.94. The van der Waals surface area contributed by atoms with Gasteiger partial charge in [0.15, 0.2) is 5.89 Å². The van der Waals surface area contributed by atoms with Gasteiger partial charge in [0.2, 0.25) is 5.13 Å². The fourth-order valence-corrected chi connectivity index (χ4v) is 1.61. The number of aromatic nitrogens is 3. The molecular weight excluding hydrogens is 200 g/mol. The molecule has 0 atom stereocenters. The van der Waals surface area contributed by atoms with Crippen LogP contribution in [-0.4, -0.2) is 15.2 Å². The van der Waals surface area contributed by atoms with Crippen LogP contribution >= 0.6 is 11.3 Å². The zero-order valence-corrected chi connectivity index (χ0v) is 8.76. The predicted octanol–water partition coefficient (Wildman–Crippen LogP) is 1.76. The van der Waals surface area contributed by atoms with Crippen LogP contribution in [0, 0.1) is 13.8 Å². The summed E-state index contributed by atoms with van der Waals surface area (Å²) >= 11 is 1.52. The van der Waals surface area contributed by atoms with Gasteiger partial charge in [-0.2, -0.15) is 0 Å². The SMILES string of the molecule is Cc1ncc(CNc2nnc(C)s2)o1. The molecule has 0 fully saturated rings. The quantitative estimate of drug-likeness (QED) is 0.836. The van der Waals surface area contributed by atoms with Gasteiger partial charge in [-0.15, -0.1) is 10.2 Å². The second-order valence-corrected chi connectivity index (χ2v) is 4.01. The van der Waals surface area contributed by atoms with Crippen molar-refractivity contribution in [2.45, 2.75) is 20.4 Å². The maximum Gasteiger partial charge on any atom is 0.206 e. The van der Waals surface area contributed by atoms with Gasteiger partial charge in [-0.25, -0.2) is 4.98 Å². The molecule has 0 aliphatic heterocycles. The molecule has 0 aliphatic carbocycles. The van der Waals surface area contributed by atoms with Crippen molar-refractivity contribution in [1.82, 2.24) is 15.2 Å². The standard InChI is InChI=1S/C8H10N4OS/c1-5-9-3-7(13-5)4-10-8-12-11-6(2)14-8/h3H,4H2,1-2H3,(H,10,12). The van der Waals surface area contributed by atoms with E-state index in [1.807, 2.05) is 13.8 Å². The van der Waals surface area contributed by atoms with E-state index >= 15 is 0 Å². The summed E-state index contributed by atoms with van der Waals surface area (Å²) in [6, 6.07) is 0. The lowest BCUT2D eigenvalue weighted by molar-refractivity contribution is 0.481. The van der Waals surface area contributed by atoms with Gasteiger partial charge in [0.25, 0.3) is 0 Å². The molecule has 0 saturated carbocycles. The summed E-state index contributed by atoms with van der Waals surface area (Å²) in [6.07, 6.45) is 1.70. The third-order valence-corrected chi connectivity index (χ3v) is 2.41. The monoisotopic (exact) mass is 210 g/mol. The van der Waals surface area contributed by atoms with E-state index in [1.54, 1.807) is 6.20 Å². The number of hydrogen-bond donors (Lipinski definition) is 1. The summed E-state index contributed by atoms with van der Waals surface area (Å²) in [5, 5.41) is 12.7. The third-order valence-electron chi connectivity index (χ3n) is 1.61. The van der Waals surface area contributed by atoms with Gasteiger partial charge in [0, 0.05) is 6.92 Å². The summed E-state index contributed by atoms with van der Waals surface area (Å²) in [5.41, 5.74) is 0. The van der Waals surface area contributed by atoms with E-state index in [-0.39, 0.29) is 0 Å². The molecule has 2 rings (SSSR count). The molecule has 2 aromatic rings. The van der Waals surface area contributed by atoms with Crippen LogP contribution in [0.5, 0.6) is 0 Å². The number of anilines is 1. The molecule has 6 heteroatoms. The van der Waals surface area contributed by atoms with E-state index in [0.29, 0.717) is 12.4 Å². The third kappa shape index (κ3) is 2.08. The Labute approximate surface area is 85.2 Å². The van der Waals surface area contributed by atoms with E-state index in [1.165, 1.54) is 11.3 Å². The number of nitrogens with one attached hydrogen (secondary N) is 1. The van der Waals surface area contributed by atoms with Gasteiger partial charge in [-0.3, -0.25) is 0 Å². The van der Waals surface area contributed by atoms with Crippen LogP contribution in [0.2, 0.25) is 0 Å². The van der Waals surface area contributed by atoms with Gasteiger partial charge in [0.1, 0.15) is 10.8 Å². The molecule has 74 valence electrons. The van der Waals surface area contributed by atoms with Crippen LogP contribution in [0.25, 0.3) is 0 Å². The van der Waals surface area contributed by atoms with Crippen molar-refractivity contribution >= 4 is 16.5 Å². The average molecular weight is 210 g/mol. The van der Waals surface area contributed by atoms with Crippen molar-refractivity contribution in [3.05, 3.63) is 22.9 Å². The number of nitrogens with zero attached hydrogens (tertiary/aromatic N) is 3. The maximum atomic E-state index is 5.29. The fourth-order valence-electron chi connectivity index (χ4n) is 1.02. The first kappa shape index (κ1) is 9.14. The molecule has 5 nitrogen and oxygen atoms in total. The Bertz CT molecular complexity index is 382. The Balaban J connectivity index is 1.94. The van der Waals surface area contributed by atoms with Crippen LogP contribution in [0.4, 0.5) is 5.13 Å². The Hall–Kier alpha value is -1.43. The highest BCUT2D eigenvalue weighted by atomic mass is 32.1. The highest BCUT2D eigenvalue weighted by Crippen LogP contribution is 2.14. The highest BCUT2D eigenvalue weighted by molar-refractivity contribution is 7.15. The van der Waals surface area contributed by atoms with Crippen molar-refractivity contribution in [3.8, 4) is 0 Å². The highest BCUT2D eigenvalue weighted by Gasteiger charge is 2.02. The second-order valence-electron chi connectivity index (χ2n) is 2.83. The van der Waals surface area contributed by atoms with Gasteiger partial charge in [0.05, 0.1) is 12.7 Å². The molecular formula is C8H10N4OS. The normalized spacial score (nSPS) is 10.4. The molecule has 2 heterocycles. The minimum Gasteiger partial charge on any atom is -0.444 e. The Morgan fingerprint density at radius 3 is 2.86 bits per heavy atom. The number of hydrogen-bond acceptors (Lipinski definition) is 6. The second kappa shape index (κ2) is 3.75. The zero-order chi connectivity index (χ0) is 9.97. The number of aryl methyl sites for hydroxylation is 2. The van der Waals surface area contributed by atoms with Crippen LogP contribution in [0.3, 0.4) is 0 Å². The topological polar surface area (TPSA) is 63.8 Å². The molecule has 0 bridgehead atoms. The van der Waals surface area contributed by atoms with Crippen LogP contribution in [0.1, 0.15) is 16.7 Å². The summed E-state index contributed by atoms with van der Waals surface area (Å²) in [5.74, 6) is 1.48. The van der Waals surface area contributed by atoms with Crippen molar-refractivity contribution in [1.29, 1.82) is 0 Å². The van der Waals surface area contributed by atoms with E-state index < -0.39 is 0 Å². The molecule has 0 amide bonds. The lowest BCUT2D eigenvalue weighted by atomic mass is 10.5. The Morgan fingerprint density at radius 1 is 1.43 bits per heavy atom. The maximum absolute atomic E-state index is 5.29. The predicted molar refractivity (Wildman–Crippen MR) is 53.2 cm³/mol. The van der Waals surface area contributed by atoms with Crippen molar-refractivity contribution in [2.75, 3.05) is 5.32 Å². The summed E-state index contributed by atoms with van der Waals surface area (Å²) < 4.78 is 5.29. The van der Waals surface area contributed by atoms with Gasteiger partial charge in [-0.05, 0) is 6.92 Å². The Kier molecular flexibility index (Phi) is 2.45.